The molecule has 7 nitrogen and oxygen atoms in total. The van der Waals surface area contributed by atoms with Gasteiger partial charge in [0.05, 0.1) is 4.92 Å². The first-order chi connectivity index (χ1) is 11.4. The van der Waals surface area contributed by atoms with E-state index in [0.717, 1.165) is 17.6 Å². The molecule has 0 amide bonds. The monoisotopic (exact) mass is 331 g/mol. The Bertz CT molecular complexity index is 755. The van der Waals surface area contributed by atoms with Crippen LogP contribution in [-0.4, -0.2) is 41.1 Å². The maximum atomic E-state index is 13.5. The Morgan fingerprint density at radius 2 is 1.75 bits per heavy atom. The lowest BCUT2D eigenvalue weighted by Gasteiger charge is -2.36. The van der Waals surface area contributed by atoms with Crippen molar-refractivity contribution in [2.75, 3.05) is 36.0 Å². The predicted octanol–water partition coefficient (Wildman–Crippen LogP) is 2.47. The summed E-state index contributed by atoms with van der Waals surface area (Å²) in [6.45, 7) is 6.21. The Hall–Kier alpha value is -2.77. The third-order valence-electron chi connectivity index (χ3n) is 4.03. The number of benzene rings is 1. The molecule has 1 aliphatic heterocycles. The van der Waals surface area contributed by atoms with E-state index in [-0.39, 0.29) is 5.69 Å². The third kappa shape index (κ3) is 3.27. The fourth-order valence-electron chi connectivity index (χ4n) is 2.94. The molecule has 0 radical (unpaired) electrons. The lowest BCUT2D eigenvalue weighted by atomic mass is 10.2. The Balaban J connectivity index is 1.78. The fraction of sp³-hybridized carbons (Fsp3) is 0.375. The molecule has 0 unspecified atom stereocenters. The summed E-state index contributed by atoms with van der Waals surface area (Å²) in [5.41, 5.74) is 1.16. The third-order valence-corrected chi connectivity index (χ3v) is 4.03. The smallest absolute Gasteiger partial charge is 0.292 e. The summed E-state index contributed by atoms with van der Waals surface area (Å²) >= 11 is 0. The highest BCUT2D eigenvalue weighted by Gasteiger charge is 2.25. The van der Waals surface area contributed by atoms with Crippen molar-refractivity contribution in [3.8, 4) is 0 Å². The zero-order valence-corrected chi connectivity index (χ0v) is 13.6. The molecule has 24 heavy (non-hydrogen) atoms. The molecule has 1 aliphatic rings. The number of hydrogen-bond acceptors (Lipinski definition) is 6. The number of nitrogens with zero attached hydrogens (tertiary/aromatic N) is 5. The molecule has 2 aromatic rings. The summed E-state index contributed by atoms with van der Waals surface area (Å²) in [7, 11) is 0. The topological polar surface area (TPSA) is 75.4 Å². The van der Waals surface area contributed by atoms with E-state index in [1.165, 1.54) is 12.1 Å². The van der Waals surface area contributed by atoms with E-state index in [0.29, 0.717) is 37.7 Å². The van der Waals surface area contributed by atoms with Gasteiger partial charge in [0.1, 0.15) is 23.1 Å². The molecule has 0 saturated carbocycles. The van der Waals surface area contributed by atoms with Crippen LogP contribution in [0, 0.1) is 29.8 Å². The lowest BCUT2D eigenvalue weighted by molar-refractivity contribution is -0.384. The number of rotatable bonds is 3. The van der Waals surface area contributed by atoms with E-state index in [9.17, 15) is 14.5 Å². The maximum Gasteiger partial charge on any atom is 0.292 e. The Morgan fingerprint density at radius 3 is 2.38 bits per heavy atom. The van der Waals surface area contributed by atoms with Gasteiger partial charge in [-0.25, -0.2) is 14.4 Å². The number of hydrogen-bond donors (Lipinski definition) is 0. The van der Waals surface area contributed by atoms with Crippen LogP contribution in [-0.2, 0) is 0 Å². The fourth-order valence-corrected chi connectivity index (χ4v) is 2.94. The number of piperazine rings is 1. The Labute approximate surface area is 138 Å². The van der Waals surface area contributed by atoms with Gasteiger partial charge >= 0.3 is 0 Å². The van der Waals surface area contributed by atoms with Crippen molar-refractivity contribution < 1.29 is 9.31 Å². The van der Waals surface area contributed by atoms with Crippen LogP contribution < -0.4 is 9.80 Å². The molecule has 0 spiro atoms. The van der Waals surface area contributed by atoms with Gasteiger partial charge in [-0.05, 0) is 19.9 Å². The SMILES string of the molecule is Cc1cc(N2CCN(c3cc(F)ccc3[N+](=O)[O-])CC2)nc(C)n1. The van der Waals surface area contributed by atoms with E-state index in [1.54, 1.807) is 0 Å². The highest BCUT2D eigenvalue weighted by molar-refractivity contribution is 5.64. The van der Waals surface area contributed by atoms with Crippen LogP contribution in [0.3, 0.4) is 0 Å². The van der Waals surface area contributed by atoms with Crippen molar-refractivity contribution in [2.45, 2.75) is 13.8 Å². The Kier molecular flexibility index (Phi) is 4.28. The summed E-state index contributed by atoms with van der Waals surface area (Å²) in [6, 6.07) is 5.48. The minimum Gasteiger partial charge on any atom is -0.362 e. The first-order valence-electron chi connectivity index (χ1n) is 7.70. The van der Waals surface area contributed by atoms with Crippen LogP contribution in [0.15, 0.2) is 24.3 Å². The largest absolute Gasteiger partial charge is 0.362 e. The highest BCUT2D eigenvalue weighted by Crippen LogP contribution is 2.30. The number of nitro benzene ring substituents is 1. The quantitative estimate of drug-likeness (QED) is 0.635. The normalized spacial score (nSPS) is 14.8. The zero-order chi connectivity index (χ0) is 17.3. The molecule has 0 atom stereocenters. The van der Waals surface area contributed by atoms with E-state index in [1.807, 2.05) is 24.8 Å². The summed E-state index contributed by atoms with van der Waals surface area (Å²) in [6.07, 6.45) is 0. The molecular weight excluding hydrogens is 313 g/mol. The van der Waals surface area contributed by atoms with E-state index >= 15 is 0 Å². The van der Waals surface area contributed by atoms with Gasteiger partial charge in [-0.15, -0.1) is 0 Å². The van der Waals surface area contributed by atoms with Crippen molar-refractivity contribution in [2.24, 2.45) is 0 Å². The van der Waals surface area contributed by atoms with Gasteiger partial charge in [0.25, 0.3) is 5.69 Å². The van der Waals surface area contributed by atoms with Crippen LogP contribution in [0.5, 0.6) is 0 Å². The number of aromatic nitrogens is 2. The Morgan fingerprint density at radius 1 is 1.08 bits per heavy atom. The van der Waals surface area contributed by atoms with Crippen LogP contribution in [0.2, 0.25) is 0 Å². The number of aryl methyl sites for hydroxylation is 2. The number of anilines is 2. The summed E-state index contributed by atoms with van der Waals surface area (Å²) in [4.78, 5) is 23.4. The van der Waals surface area contributed by atoms with Gasteiger partial charge in [-0.1, -0.05) is 0 Å². The van der Waals surface area contributed by atoms with E-state index < -0.39 is 10.7 Å². The average molecular weight is 331 g/mol. The number of halogens is 1. The first-order valence-corrected chi connectivity index (χ1v) is 7.70. The molecule has 0 N–H and O–H groups in total. The van der Waals surface area contributed by atoms with Crippen LogP contribution in [0.25, 0.3) is 0 Å². The standard InChI is InChI=1S/C16H18FN5O2/c1-11-9-16(19-12(2)18-11)21-7-5-20(6-8-21)15-10-13(17)3-4-14(15)22(23)24/h3-4,9-10H,5-8H2,1-2H3. The molecule has 1 fully saturated rings. The minimum absolute atomic E-state index is 0.0708. The van der Waals surface area contributed by atoms with Crippen molar-refractivity contribution in [3.05, 3.63) is 51.7 Å². The first kappa shape index (κ1) is 16.1. The highest BCUT2D eigenvalue weighted by atomic mass is 19.1. The van der Waals surface area contributed by atoms with Crippen molar-refractivity contribution in [1.29, 1.82) is 0 Å². The molecule has 0 aliphatic carbocycles. The predicted molar refractivity (Wildman–Crippen MR) is 89.0 cm³/mol. The van der Waals surface area contributed by atoms with Gasteiger partial charge in [-0.2, -0.15) is 0 Å². The summed E-state index contributed by atoms with van der Waals surface area (Å²) < 4.78 is 13.5. The second-order valence-corrected chi connectivity index (χ2v) is 5.78. The van der Waals surface area contributed by atoms with E-state index in [4.69, 9.17) is 0 Å². The molecule has 0 bridgehead atoms. The van der Waals surface area contributed by atoms with Crippen molar-refractivity contribution >= 4 is 17.2 Å². The van der Waals surface area contributed by atoms with E-state index in [2.05, 4.69) is 14.9 Å². The zero-order valence-electron chi connectivity index (χ0n) is 13.6. The maximum absolute atomic E-state index is 13.5. The molecule has 1 saturated heterocycles. The average Bonchev–Trinajstić information content (AvgIpc) is 2.53. The second-order valence-electron chi connectivity index (χ2n) is 5.78. The van der Waals surface area contributed by atoms with Gasteiger partial charge < -0.3 is 9.80 Å². The molecule has 126 valence electrons. The molecule has 1 aromatic heterocycles. The van der Waals surface area contributed by atoms with Gasteiger partial charge in [0, 0.05) is 50.1 Å². The minimum atomic E-state index is -0.474. The molecule has 2 heterocycles. The van der Waals surface area contributed by atoms with Crippen LogP contribution in [0.1, 0.15) is 11.5 Å². The molecule has 1 aromatic carbocycles. The van der Waals surface area contributed by atoms with Crippen molar-refractivity contribution in [3.63, 3.8) is 0 Å². The molecule has 3 rings (SSSR count). The molecular formula is C16H18FN5O2. The number of nitro groups is 1. The lowest BCUT2D eigenvalue weighted by Crippen LogP contribution is -2.47. The second kappa shape index (κ2) is 6.38. The van der Waals surface area contributed by atoms with Gasteiger partial charge in [0.15, 0.2) is 0 Å². The van der Waals surface area contributed by atoms with Gasteiger partial charge in [-0.3, -0.25) is 10.1 Å². The summed E-state index contributed by atoms with van der Waals surface area (Å²) in [5.74, 6) is 1.10. The van der Waals surface area contributed by atoms with Gasteiger partial charge in [0.2, 0.25) is 0 Å². The van der Waals surface area contributed by atoms with Crippen LogP contribution in [0.4, 0.5) is 21.6 Å². The van der Waals surface area contributed by atoms with Crippen LogP contribution >= 0.6 is 0 Å². The van der Waals surface area contributed by atoms with Crippen molar-refractivity contribution in [1.82, 2.24) is 9.97 Å². The molecule has 8 heteroatoms. The summed E-state index contributed by atoms with van der Waals surface area (Å²) in [5, 5.41) is 11.2.